The van der Waals surface area contributed by atoms with Crippen LogP contribution in [0.4, 0.5) is 10.6 Å². The molecular formula is C19H26IN5O2S. The molecule has 0 unspecified atom stereocenters. The highest BCUT2D eigenvalue weighted by atomic mass is 127. The lowest BCUT2D eigenvalue weighted by Gasteiger charge is -2.28. The van der Waals surface area contributed by atoms with Crippen LogP contribution in [0.25, 0.3) is 11.0 Å². The number of carbonyl (C=O) groups excluding carboxylic acids is 1. The number of aromatic nitrogens is 3. The summed E-state index contributed by atoms with van der Waals surface area (Å²) < 4.78 is 7.60. The van der Waals surface area contributed by atoms with Crippen molar-refractivity contribution in [2.24, 2.45) is 11.8 Å². The lowest BCUT2D eigenvalue weighted by molar-refractivity contribution is 0.0279. The molecule has 3 atom stereocenters. The number of amides is 1. The summed E-state index contributed by atoms with van der Waals surface area (Å²) >= 11 is 2.26. The summed E-state index contributed by atoms with van der Waals surface area (Å²) in [5.41, 5.74) is 0.508. The third kappa shape index (κ3) is 3.79. The molecule has 7 nitrogen and oxygen atoms in total. The maximum absolute atomic E-state index is 12.4. The van der Waals surface area contributed by atoms with Crippen LogP contribution >= 0.6 is 30.3 Å². The van der Waals surface area contributed by atoms with Crippen molar-refractivity contribution in [2.75, 3.05) is 25.0 Å². The molecule has 1 aliphatic carbocycles. The number of carbonyl (C=O) groups is 1. The fourth-order valence-corrected chi connectivity index (χ4v) is 5.76. The number of anilines is 1. The molecule has 1 saturated heterocycles. The Bertz CT molecular complexity index is 869. The van der Waals surface area contributed by atoms with Crippen LogP contribution in [-0.4, -0.2) is 56.7 Å². The topological polar surface area (TPSA) is 63.5 Å². The second kappa shape index (κ2) is 7.55. The van der Waals surface area contributed by atoms with Gasteiger partial charge in [0.25, 0.3) is 0 Å². The van der Waals surface area contributed by atoms with Crippen LogP contribution in [0.5, 0.6) is 0 Å². The Balaban J connectivity index is 1.44. The van der Waals surface area contributed by atoms with Gasteiger partial charge >= 0.3 is 6.09 Å². The molecule has 1 amide bonds. The number of hydrogen-bond acceptors (Lipinski definition) is 6. The summed E-state index contributed by atoms with van der Waals surface area (Å²) in [6.45, 7) is 7.34. The number of fused-ring (bicyclic) bond motifs is 2. The monoisotopic (exact) mass is 515 g/mol. The van der Waals surface area contributed by atoms with Crippen molar-refractivity contribution in [1.82, 2.24) is 18.8 Å². The summed E-state index contributed by atoms with van der Waals surface area (Å²) in [6.07, 6.45) is 5.66. The lowest BCUT2D eigenvalue weighted by Crippen LogP contribution is -2.37. The normalized spacial score (nSPS) is 24.6. The number of ether oxygens (including phenoxy) is 1. The van der Waals surface area contributed by atoms with Gasteiger partial charge in [-0.1, -0.05) is 0 Å². The van der Waals surface area contributed by atoms with Crippen molar-refractivity contribution < 1.29 is 9.53 Å². The van der Waals surface area contributed by atoms with Crippen LogP contribution < -0.4 is 4.90 Å². The van der Waals surface area contributed by atoms with Gasteiger partial charge in [-0.25, -0.2) is 14.8 Å². The van der Waals surface area contributed by atoms with Gasteiger partial charge in [-0.3, -0.25) is 3.97 Å². The van der Waals surface area contributed by atoms with Gasteiger partial charge in [0.1, 0.15) is 17.7 Å². The molecule has 2 fully saturated rings. The minimum Gasteiger partial charge on any atom is -0.444 e. The SMILES string of the molecule is CN(c1ncnc2c1ccn2SI)[C@H]1C[C@@H]2CN(C(=O)OC(C)(C)C)C[C@@H]2C1. The van der Waals surface area contributed by atoms with Crippen molar-refractivity contribution >= 4 is 53.3 Å². The van der Waals surface area contributed by atoms with E-state index >= 15 is 0 Å². The molecule has 1 aliphatic heterocycles. The zero-order chi connectivity index (χ0) is 20.1. The largest absolute Gasteiger partial charge is 0.444 e. The zero-order valence-electron chi connectivity index (χ0n) is 16.6. The Labute approximate surface area is 181 Å². The molecular weight excluding hydrogens is 489 g/mol. The molecule has 4 rings (SSSR count). The summed E-state index contributed by atoms with van der Waals surface area (Å²) in [5.74, 6) is 2.06. The molecule has 0 bridgehead atoms. The van der Waals surface area contributed by atoms with Crippen molar-refractivity contribution in [1.29, 1.82) is 0 Å². The number of rotatable bonds is 3. The van der Waals surface area contributed by atoms with Gasteiger partial charge in [0.2, 0.25) is 0 Å². The molecule has 3 heterocycles. The van der Waals surface area contributed by atoms with Crippen LogP contribution in [0.2, 0.25) is 0 Å². The number of halogens is 1. The van der Waals surface area contributed by atoms with E-state index in [0.717, 1.165) is 42.8 Å². The first-order valence-corrected chi connectivity index (χ1v) is 12.9. The molecule has 152 valence electrons. The van der Waals surface area contributed by atoms with Crippen molar-refractivity contribution in [3.63, 3.8) is 0 Å². The molecule has 28 heavy (non-hydrogen) atoms. The van der Waals surface area contributed by atoms with E-state index in [4.69, 9.17) is 4.74 Å². The second-order valence-electron chi connectivity index (χ2n) is 8.79. The quantitative estimate of drug-likeness (QED) is 0.567. The minimum absolute atomic E-state index is 0.179. The van der Waals surface area contributed by atoms with E-state index in [2.05, 4.69) is 53.2 Å². The maximum Gasteiger partial charge on any atom is 0.410 e. The predicted molar refractivity (Wildman–Crippen MR) is 121 cm³/mol. The Kier molecular flexibility index (Phi) is 5.41. The molecule has 2 aliphatic rings. The van der Waals surface area contributed by atoms with Crippen LogP contribution in [0.1, 0.15) is 33.6 Å². The molecule has 9 heteroatoms. The van der Waals surface area contributed by atoms with E-state index in [1.54, 1.807) is 15.4 Å². The van der Waals surface area contributed by atoms with Crippen molar-refractivity contribution in [2.45, 2.75) is 45.3 Å². The zero-order valence-corrected chi connectivity index (χ0v) is 19.6. The van der Waals surface area contributed by atoms with Crippen LogP contribution in [-0.2, 0) is 4.74 Å². The van der Waals surface area contributed by atoms with E-state index in [1.165, 1.54) is 0 Å². The first kappa shape index (κ1) is 20.1. The number of likely N-dealkylation sites (tertiary alicyclic amines) is 1. The first-order chi connectivity index (χ1) is 13.3. The third-order valence-electron chi connectivity index (χ3n) is 5.76. The van der Waals surface area contributed by atoms with Gasteiger partial charge in [-0.05, 0) is 51.5 Å². The predicted octanol–water partition coefficient (Wildman–Crippen LogP) is 4.36. The van der Waals surface area contributed by atoms with Gasteiger partial charge < -0.3 is 14.5 Å². The van der Waals surface area contributed by atoms with Crippen LogP contribution in [0.3, 0.4) is 0 Å². The van der Waals surface area contributed by atoms with Gasteiger partial charge in [0, 0.05) is 62.7 Å². The van der Waals surface area contributed by atoms with Gasteiger partial charge in [0.15, 0.2) is 5.65 Å². The van der Waals surface area contributed by atoms with E-state index in [0.29, 0.717) is 17.9 Å². The number of nitrogens with zero attached hydrogens (tertiary/aromatic N) is 5. The van der Waals surface area contributed by atoms with Crippen molar-refractivity contribution in [3.8, 4) is 0 Å². The molecule has 0 aromatic carbocycles. The van der Waals surface area contributed by atoms with Crippen molar-refractivity contribution in [3.05, 3.63) is 18.6 Å². The van der Waals surface area contributed by atoms with Crippen LogP contribution in [0.15, 0.2) is 18.6 Å². The highest BCUT2D eigenvalue weighted by molar-refractivity contribution is 14.2. The maximum atomic E-state index is 12.4. The Morgan fingerprint density at radius 2 is 1.96 bits per heavy atom. The summed E-state index contributed by atoms with van der Waals surface area (Å²) in [6, 6.07) is 2.52. The van der Waals surface area contributed by atoms with Gasteiger partial charge in [0.05, 0.1) is 5.39 Å². The van der Waals surface area contributed by atoms with Crippen LogP contribution in [0, 0.1) is 11.8 Å². The summed E-state index contributed by atoms with van der Waals surface area (Å²) in [4.78, 5) is 25.6. The van der Waals surface area contributed by atoms with E-state index in [1.807, 2.05) is 31.9 Å². The lowest BCUT2D eigenvalue weighted by atomic mass is 10.0. The minimum atomic E-state index is -0.442. The molecule has 2 aromatic rings. The van der Waals surface area contributed by atoms with E-state index in [9.17, 15) is 4.79 Å². The second-order valence-corrected chi connectivity index (χ2v) is 10.5. The number of hydrogen-bond donors (Lipinski definition) is 0. The molecule has 0 radical (unpaired) electrons. The molecule has 2 aromatic heterocycles. The standard InChI is InChI=1S/C19H26IN5O2S/c1-19(2,3)27-18(26)24-9-12-7-14(8-13(12)10-24)23(4)16-15-5-6-25(28-20)17(15)22-11-21-16/h5-6,11-14H,7-10H2,1-4H3/t12-,13+,14+. The fraction of sp³-hybridized carbons (Fsp3) is 0.632. The summed E-state index contributed by atoms with van der Waals surface area (Å²) in [7, 11) is 3.74. The Morgan fingerprint density at radius 3 is 2.57 bits per heavy atom. The average Bonchev–Trinajstić information content (AvgIpc) is 3.31. The molecule has 1 saturated carbocycles. The smallest absolute Gasteiger partial charge is 0.410 e. The average molecular weight is 515 g/mol. The highest BCUT2D eigenvalue weighted by Crippen LogP contribution is 2.42. The van der Waals surface area contributed by atoms with E-state index < -0.39 is 5.60 Å². The first-order valence-electron chi connectivity index (χ1n) is 9.58. The van der Waals surface area contributed by atoms with E-state index in [-0.39, 0.29) is 6.09 Å². The fourth-order valence-electron chi connectivity index (χ4n) is 4.48. The van der Waals surface area contributed by atoms with Gasteiger partial charge in [-0.2, -0.15) is 0 Å². The highest BCUT2D eigenvalue weighted by Gasteiger charge is 2.44. The summed E-state index contributed by atoms with van der Waals surface area (Å²) in [5, 5.41) is 1.08. The Hall–Kier alpha value is -1.23. The van der Waals surface area contributed by atoms with Gasteiger partial charge in [-0.15, -0.1) is 0 Å². The molecule has 0 N–H and O–H groups in total. The Morgan fingerprint density at radius 1 is 1.29 bits per heavy atom. The third-order valence-corrected chi connectivity index (χ3v) is 7.48. The molecule has 0 spiro atoms.